The molecule has 1 N–H and O–H groups in total. The predicted molar refractivity (Wildman–Crippen MR) is 86.9 cm³/mol. The van der Waals surface area contributed by atoms with Crippen LogP contribution in [0.25, 0.3) is 0 Å². The standard InChI is InChI=1S/C14H22N4OS2/c1-2-11-5-3-4-8-18(11)12(19)9-20-14-17-16-13(21-14)15-10-6-7-10/h10-11H,2-9H2,1H3,(H,15,16)/t11-/m1/s1. The highest BCUT2D eigenvalue weighted by molar-refractivity contribution is 8.01. The van der Waals surface area contributed by atoms with Gasteiger partial charge in [-0.05, 0) is 38.5 Å². The third-order valence-electron chi connectivity index (χ3n) is 4.05. The molecule has 0 spiro atoms. The fourth-order valence-corrected chi connectivity index (χ4v) is 4.40. The van der Waals surface area contributed by atoms with E-state index in [4.69, 9.17) is 0 Å². The fourth-order valence-electron chi connectivity index (χ4n) is 2.69. The Labute approximate surface area is 133 Å². The van der Waals surface area contributed by atoms with Gasteiger partial charge < -0.3 is 10.2 Å². The van der Waals surface area contributed by atoms with Crippen molar-refractivity contribution in [2.45, 2.75) is 61.9 Å². The van der Waals surface area contributed by atoms with Crippen LogP contribution >= 0.6 is 23.1 Å². The van der Waals surface area contributed by atoms with Crippen LogP contribution in [-0.4, -0.2) is 45.4 Å². The molecule has 21 heavy (non-hydrogen) atoms. The summed E-state index contributed by atoms with van der Waals surface area (Å²) in [6.07, 6.45) is 7.07. The molecule has 1 atom stereocenters. The molecule has 0 bridgehead atoms. The normalized spacial score (nSPS) is 22.3. The molecule has 2 aliphatic rings. The van der Waals surface area contributed by atoms with E-state index in [1.165, 1.54) is 31.0 Å². The number of hydrogen-bond donors (Lipinski definition) is 1. The third kappa shape index (κ3) is 4.10. The number of thioether (sulfide) groups is 1. The van der Waals surface area contributed by atoms with Crippen LogP contribution in [0.1, 0.15) is 45.4 Å². The van der Waals surface area contributed by atoms with Crippen molar-refractivity contribution in [1.29, 1.82) is 0 Å². The van der Waals surface area contributed by atoms with Crippen molar-refractivity contribution < 1.29 is 4.79 Å². The van der Waals surface area contributed by atoms with Crippen molar-refractivity contribution in [3.63, 3.8) is 0 Å². The lowest BCUT2D eigenvalue weighted by Crippen LogP contribution is -2.44. The van der Waals surface area contributed by atoms with Gasteiger partial charge >= 0.3 is 0 Å². The van der Waals surface area contributed by atoms with Crippen LogP contribution in [0.3, 0.4) is 0 Å². The van der Waals surface area contributed by atoms with Gasteiger partial charge in [-0.25, -0.2) is 0 Å². The van der Waals surface area contributed by atoms with E-state index >= 15 is 0 Å². The molecule has 1 aliphatic heterocycles. The first-order chi connectivity index (χ1) is 10.3. The summed E-state index contributed by atoms with van der Waals surface area (Å²) in [7, 11) is 0. The van der Waals surface area contributed by atoms with Gasteiger partial charge in [0.2, 0.25) is 11.0 Å². The Kier molecular flexibility index (Phi) is 5.00. The molecule has 1 aromatic heterocycles. The number of likely N-dealkylation sites (tertiary alicyclic amines) is 1. The van der Waals surface area contributed by atoms with Crippen LogP contribution in [0, 0.1) is 0 Å². The van der Waals surface area contributed by atoms with Gasteiger partial charge in [0.1, 0.15) is 0 Å². The van der Waals surface area contributed by atoms with Gasteiger partial charge in [0, 0.05) is 18.6 Å². The maximum absolute atomic E-state index is 12.4. The number of amides is 1. The zero-order valence-corrected chi connectivity index (χ0v) is 14.0. The quantitative estimate of drug-likeness (QED) is 0.814. The smallest absolute Gasteiger partial charge is 0.233 e. The summed E-state index contributed by atoms with van der Waals surface area (Å²) in [6.45, 7) is 3.09. The number of nitrogens with zero attached hydrogens (tertiary/aromatic N) is 3. The van der Waals surface area contributed by atoms with Gasteiger partial charge in [-0.1, -0.05) is 30.0 Å². The van der Waals surface area contributed by atoms with E-state index in [-0.39, 0.29) is 5.91 Å². The van der Waals surface area contributed by atoms with Crippen LogP contribution < -0.4 is 5.32 Å². The maximum atomic E-state index is 12.4. The molecular formula is C14H22N4OS2. The summed E-state index contributed by atoms with van der Waals surface area (Å²) < 4.78 is 0.886. The number of aromatic nitrogens is 2. The molecule has 0 radical (unpaired) electrons. The largest absolute Gasteiger partial charge is 0.357 e. The zero-order valence-electron chi connectivity index (χ0n) is 12.4. The van der Waals surface area contributed by atoms with E-state index in [2.05, 4.69) is 27.3 Å². The molecule has 0 unspecified atom stereocenters. The number of nitrogens with one attached hydrogen (secondary N) is 1. The van der Waals surface area contributed by atoms with Crippen LogP contribution in [0.4, 0.5) is 5.13 Å². The molecule has 5 nitrogen and oxygen atoms in total. The Bertz CT molecular complexity index is 489. The SMILES string of the molecule is CC[C@@H]1CCCCN1C(=O)CSc1nnc(NC2CC2)s1. The molecule has 2 fully saturated rings. The van der Waals surface area contributed by atoms with Crippen molar-refractivity contribution >= 4 is 34.1 Å². The second-order valence-electron chi connectivity index (χ2n) is 5.73. The van der Waals surface area contributed by atoms with Gasteiger partial charge in [-0.15, -0.1) is 10.2 Å². The highest BCUT2D eigenvalue weighted by Gasteiger charge is 2.26. The highest BCUT2D eigenvalue weighted by atomic mass is 32.2. The zero-order chi connectivity index (χ0) is 14.7. The van der Waals surface area contributed by atoms with E-state index in [0.29, 0.717) is 17.8 Å². The molecule has 116 valence electrons. The lowest BCUT2D eigenvalue weighted by Gasteiger charge is -2.35. The lowest BCUT2D eigenvalue weighted by molar-refractivity contribution is -0.132. The predicted octanol–water partition coefficient (Wildman–Crippen LogP) is 3.00. The van der Waals surface area contributed by atoms with Crippen LogP contribution in [0.2, 0.25) is 0 Å². The van der Waals surface area contributed by atoms with Gasteiger partial charge in [0.25, 0.3) is 0 Å². The van der Waals surface area contributed by atoms with Crippen molar-refractivity contribution in [1.82, 2.24) is 15.1 Å². The van der Waals surface area contributed by atoms with E-state index in [0.717, 1.165) is 35.3 Å². The Hall–Kier alpha value is -0.820. The van der Waals surface area contributed by atoms with Crippen LogP contribution in [0.15, 0.2) is 4.34 Å². The van der Waals surface area contributed by atoms with Gasteiger partial charge in [0.05, 0.1) is 5.75 Å². The van der Waals surface area contributed by atoms with Crippen molar-refractivity contribution in [2.75, 3.05) is 17.6 Å². The van der Waals surface area contributed by atoms with Crippen molar-refractivity contribution in [3.05, 3.63) is 0 Å². The third-order valence-corrected chi connectivity index (χ3v) is 6.02. The first-order valence-corrected chi connectivity index (χ1v) is 9.58. The van der Waals surface area contributed by atoms with Crippen molar-refractivity contribution in [3.8, 4) is 0 Å². The molecule has 1 saturated carbocycles. The molecule has 1 aromatic rings. The van der Waals surface area contributed by atoms with Crippen LogP contribution in [-0.2, 0) is 4.79 Å². The van der Waals surface area contributed by atoms with E-state index in [1.807, 2.05) is 0 Å². The average molecular weight is 326 g/mol. The Morgan fingerprint density at radius 2 is 2.24 bits per heavy atom. The maximum Gasteiger partial charge on any atom is 0.233 e. The van der Waals surface area contributed by atoms with E-state index < -0.39 is 0 Å². The number of carbonyl (C=O) groups is 1. The molecule has 1 saturated heterocycles. The summed E-state index contributed by atoms with van der Waals surface area (Å²) in [4.78, 5) is 14.5. The number of rotatable bonds is 6. The Morgan fingerprint density at radius 1 is 1.38 bits per heavy atom. The first kappa shape index (κ1) is 15.1. The average Bonchev–Trinajstić information content (AvgIpc) is 3.21. The van der Waals surface area contributed by atoms with Crippen molar-refractivity contribution in [2.24, 2.45) is 0 Å². The summed E-state index contributed by atoms with van der Waals surface area (Å²) in [6, 6.07) is 1.03. The topological polar surface area (TPSA) is 58.1 Å². The minimum Gasteiger partial charge on any atom is -0.357 e. The molecule has 1 amide bonds. The number of anilines is 1. The van der Waals surface area contributed by atoms with E-state index in [9.17, 15) is 4.79 Å². The Morgan fingerprint density at radius 3 is 3.00 bits per heavy atom. The summed E-state index contributed by atoms with van der Waals surface area (Å²) in [5.41, 5.74) is 0. The lowest BCUT2D eigenvalue weighted by atomic mass is 10.0. The molecular weight excluding hydrogens is 304 g/mol. The van der Waals surface area contributed by atoms with Gasteiger partial charge in [0.15, 0.2) is 4.34 Å². The summed E-state index contributed by atoms with van der Waals surface area (Å²) in [5.74, 6) is 0.729. The number of carbonyl (C=O) groups excluding carboxylic acids is 1. The minimum atomic E-state index is 0.249. The first-order valence-electron chi connectivity index (χ1n) is 7.78. The molecule has 1 aliphatic carbocycles. The van der Waals surface area contributed by atoms with Crippen LogP contribution in [0.5, 0.6) is 0 Å². The fraction of sp³-hybridized carbons (Fsp3) is 0.786. The highest BCUT2D eigenvalue weighted by Crippen LogP contribution is 2.30. The molecule has 2 heterocycles. The minimum absolute atomic E-state index is 0.249. The number of piperidine rings is 1. The molecule has 7 heteroatoms. The van der Waals surface area contributed by atoms with E-state index in [1.54, 1.807) is 11.3 Å². The number of hydrogen-bond acceptors (Lipinski definition) is 6. The Balaban J connectivity index is 1.49. The summed E-state index contributed by atoms with van der Waals surface area (Å²) >= 11 is 3.07. The van der Waals surface area contributed by atoms with Gasteiger partial charge in [-0.3, -0.25) is 4.79 Å². The second kappa shape index (κ2) is 6.96. The second-order valence-corrected chi connectivity index (χ2v) is 7.93. The van der Waals surface area contributed by atoms with Gasteiger partial charge in [-0.2, -0.15) is 0 Å². The summed E-state index contributed by atoms with van der Waals surface area (Å²) in [5, 5.41) is 12.5. The monoisotopic (exact) mass is 326 g/mol. The molecule has 0 aromatic carbocycles. The molecule has 3 rings (SSSR count).